The molecule has 3 rings (SSSR count). The predicted molar refractivity (Wildman–Crippen MR) is 98.8 cm³/mol. The summed E-state index contributed by atoms with van der Waals surface area (Å²) in [5.41, 5.74) is 3.29. The van der Waals surface area contributed by atoms with Gasteiger partial charge >= 0.3 is 5.76 Å². The summed E-state index contributed by atoms with van der Waals surface area (Å²) >= 11 is 0. The summed E-state index contributed by atoms with van der Waals surface area (Å²) in [5, 5.41) is 2.87. The first kappa shape index (κ1) is 17.0. The minimum Gasteiger partial charge on any atom is -0.408 e. The molecule has 1 amide bonds. The molecule has 0 radical (unpaired) electrons. The first-order chi connectivity index (χ1) is 12.2. The zero-order chi connectivity index (χ0) is 17.6. The Morgan fingerprint density at radius 3 is 2.64 bits per heavy atom. The molecule has 130 valence electrons. The monoisotopic (exact) mass is 338 g/mol. The van der Waals surface area contributed by atoms with E-state index in [9.17, 15) is 9.59 Å². The van der Waals surface area contributed by atoms with Crippen LogP contribution in [-0.2, 0) is 17.8 Å². The van der Waals surface area contributed by atoms with E-state index in [2.05, 4.69) is 12.2 Å². The van der Waals surface area contributed by atoms with Gasteiger partial charge in [-0.05, 0) is 42.7 Å². The van der Waals surface area contributed by atoms with Crippen LogP contribution in [0.15, 0.2) is 57.7 Å². The van der Waals surface area contributed by atoms with E-state index in [1.54, 1.807) is 6.07 Å². The van der Waals surface area contributed by atoms with Crippen LogP contribution < -0.4 is 11.1 Å². The lowest BCUT2D eigenvalue weighted by molar-refractivity contribution is -0.116. The number of oxazole rings is 1. The average Bonchev–Trinajstić information content (AvgIpc) is 2.94. The number of aryl methyl sites for hydroxylation is 2. The maximum atomic E-state index is 12.2. The molecular formula is C20H22N2O3. The van der Waals surface area contributed by atoms with E-state index in [-0.39, 0.29) is 18.9 Å². The number of carbonyl (C=O) groups is 1. The number of nitrogens with zero attached hydrogens (tertiary/aromatic N) is 1. The normalized spacial score (nSPS) is 10.9. The van der Waals surface area contributed by atoms with Crippen LogP contribution in [0.5, 0.6) is 0 Å². The highest BCUT2D eigenvalue weighted by Crippen LogP contribution is 2.14. The number of benzene rings is 2. The first-order valence-corrected chi connectivity index (χ1v) is 8.64. The van der Waals surface area contributed by atoms with Crippen LogP contribution >= 0.6 is 0 Å². The van der Waals surface area contributed by atoms with Crippen molar-refractivity contribution in [2.75, 3.05) is 5.32 Å². The van der Waals surface area contributed by atoms with Crippen LogP contribution in [0.4, 0.5) is 5.69 Å². The summed E-state index contributed by atoms with van der Waals surface area (Å²) in [6.45, 7) is 2.46. The van der Waals surface area contributed by atoms with Crippen LogP contribution in [-0.4, -0.2) is 10.5 Å². The second kappa shape index (κ2) is 7.83. The molecule has 0 bridgehead atoms. The lowest BCUT2D eigenvalue weighted by Gasteiger charge is -2.07. The summed E-state index contributed by atoms with van der Waals surface area (Å²) in [4.78, 5) is 24.1. The average molecular weight is 338 g/mol. The number of hydrogen-bond acceptors (Lipinski definition) is 3. The van der Waals surface area contributed by atoms with Crippen molar-refractivity contribution >= 4 is 22.7 Å². The number of fused-ring (bicyclic) bond motifs is 1. The third-order valence-electron chi connectivity index (χ3n) is 4.19. The number of anilines is 1. The first-order valence-electron chi connectivity index (χ1n) is 8.64. The molecule has 1 heterocycles. The molecule has 0 aliphatic heterocycles. The van der Waals surface area contributed by atoms with Crippen molar-refractivity contribution in [3.8, 4) is 0 Å². The molecule has 1 N–H and O–H groups in total. The Bertz CT molecular complexity index is 907. The van der Waals surface area contributed by atoms with Crippen LogP contribution in [0.1, 0.15) is 31.7 Å². The summed E-state index contributed by atoms with van der Waals surface area (Å²) in [5.74, 6) is -0.562. The minimum atomic E-state index is -0.436. The Hall–Kier alpha value is -2.82. The molecule has 0 aliphatic rings. The predicted octanol–water partition coefficient (Wildman–Crippen LogP) is 3.97. The number of unbranched alkanes of at least 4 members (excludes halogenated alkanes) is 1. The number of carbonyl (C=O) groups excluding carboxylic acids is 1. The van der Waals surface area contributed by atoms with Gasteiger partial charge in [-0.25, -0.2) is 4.79 Å². The molecule has 5 heteroatoms. The highest BCUT2D eigenvalue weighted by Gasteiger charge is 2.10. The van der Waals surface area contributed by atoms with Gasteiger partial charge in [-0.2, -0.15) is 0 Å². The molecule has 2 aromatic carbocycles. The molecule has 5 nitrogen and oxygen atoms in total. The van der Waals surface area contributed by atoms with E-state index in [0.717, 1.165) is 12.1 Å². The molecule has 0 fully saturated rings. The summed E-state index contributed by atoms with van der Waals surface area (Å²) in [6.07, 6.45) is 3.60. The van der Waals surface area contributed by atoms with Crippen molar-refractivity contribution in [3.63, 3.8) is 0 Å². The lowest BCUT2D eigenvalue weighted by Crippen LogP contribution is -2.19. The van der Waals surface area contributed by atoms with Crippen molar-refractivity contribution < 1.29 is 9.21 Å². The van der Waals surface area contributed by atoms with E-state index in [1.165, 1.54) is 23.0 Å². The van der Waals surface area contributed by atoms with Gasteiger partial charge in [-0.3, -0.25) is 9.36 Å². The molecule has 0 atom stereocenters. The summed E-state index contributed by atoms with van der Waals surface area (Å²) in [6, 6.07) is 15.1. The standard InChI is InChI=1S/C20H22N2O3/c1-2-3-6-15-9-11-16(12-10-15)21-19(23)13-14-22-17-7-4-5-8-18(17)25-20(22)24/h4-5,7-12H,2-3,6,13-14H2,1H3,(H,21,23). The van der Waals surface area contributed by atoms with Gasteiger partial charge in [0.25, 0.3) is 0 Å². The van der Waals surface area contributed by atoms with Crippen molar-refractivity contribution in [1.82, 2.24) is 4.57 Å². The van der Waals surface area contributed by atoms with E-state index in [0.29, 0.717) is 11.1 Å². The summed E-state index contributed by atoms with van der Waals surface area (Å²) < 4.78 is 6.66. The SMILES string of the molecule is CCCCc1ccc(NC(=O)CCn2c(=O)oc3ccccc32)cc1. The zero-order valence-electron chi connectivity index (χ0n) is 14.3. The minimum absolute atomic E-state index is 0.126. The fraction of sp³-hybridized carbons (Fsp3) is 0.300. The maximum Gasteiger partial charge on any atom is 0.419 e. The molecule has 0 spiro atoms. The van der Waals surface area contributed by atoms with E-state index in [4.69, 9.17) is 4.42 Å². The van der Waals surface area contributed by atoms with Crippen LogP contribution in [0.3, 0.4) is 0 Å². The Morgan fingerprint density at radius 2 is 1.88 bits per heavy atom. The Balaban J connectivity index is 1.59. The second-order valence-electron chi connectivity index (χ2n) is 6.09. The Morgan fingerprint density at radius 1 is 1.12 bits per heavy atom. The van der Waals surface area contributed by atoms with Crippen molar-refractivity contribution in [1.29, 1.82) is 0 Å². The van der Waals surface area contributed by atoms with Gasteiger partial charge in [-0.1, -0.05) is 37.6 Å². The number of para-hydroxylation sites is 2. The van der Waals surface area contributed by atoms with Gasteiger partial charge in [0.2, 0.25) is 5.91 Å². The highest BCUT2D eigenvalue weighted by molar-refractivity contribution is 5.90. The Kier molecular flexibility index (Phi) is 5.33. The van der Waals surface area contributed by atoms with Gasteiger partial charge in [0.15, 0.2) is 5.58 Å². The third-order valence-corrected chi connectivity index (χ3v) is 4.19. The fourth-order valence-electron chi connectivity index (χ4n) is 2.80. The highest BCUT2D eigenvalue weighted by atomic mass is 16.4. The zero-order valence-corrected chi connectivity index (χ0v) is 14.3. The number of rotatable bonds is 7. The topological polar surface area (TPSA) is 64.2 Å². The van der Waals surface area contributed by atoms with E-state index in [1.807, 2.05) is 42.5 Å². The molecule has 0 saturated carbocycles. The van der Waals surface area contributed by atoms with E-state index < -0.39 is 5.76 Å². The number of amides is 1. The van der Waals surface area contributed by atoms with E-state index >= 15 is 0 Å². The van der Waals surface area contributed by atoms with Gasteiger partial charge in [0.05, 0.1) is 5.52 Å². The lowest BCUT2D eigenvalue weighted by atomic mass is 10.1. The van der Waals surface area contributed by atoms with Crippen LogP contribution in [0, 0.1) is 0 Å². The summed E-state index contributed by atoms with van der Waals surface area (Å²) in [7, 11) is 0. The molecule has 0 aliphatic carbocycles. The second-order valence-corrected chi connectivity index (χ2v) is 6.09. The molecule has 0 unspecified atom stereocenters. The van der Waals surface area contributed by atoms with Crippen molar-refractivity contribution in [3.05, 3.63) is 64.6 Å². The van der Waals surface area contributed by atoms with Gasteiger partial charge in [0, 0.05) is 18.7 Å². The van der Waals surface area contributed by atoms with Gasteiger partial charge < -0.3 is 9.73 Å². The van der Waals surface area contributed by atoms with Crippen molar-refractivity contribution in [2.24, 2.45) is 0 Å². The molecule has 25 heavy (non-hydrogen) atoms. The number of aromatic nitrogens is 1. The maximum absolute atomic E-state index is 12.2. The van der Waals surface area contributed by atoms with Gasteiger partial charge in [0.1, 0.15) is 0 Å². The Labute approximate surface area is 146 Å². The quantitative estimate of drug-likeness (QED) is 0.709. The van der Waals surface area contributed by atoms with Gasteiger partial charge in [-0.15, -0.1) is 0 Å². The van der Waals surface area contributed by atoms with Crippen molar-refractivity contribution in [2.45, 2.75) is 39.2 Å². The molecule has 3 aromatic rings. The number of hydrogen-bond donors (Lipinski definition) is 1. The molecular weight excluding hydrogens is 316 g/mol. The molecule has 1 aromatic heterocycles. The molecule has 0 saturated heterocycles. The smallest absolute Gasteiger partial charge is 0.408 e. The fourth-order valence-corrected chi connectivity index (χ4v) is 2.80. The largest absolute Gasteiger partial charge is 0.419 e. The van der Waals surface area contributed by atoms with Crippen LogP contribution in [0.25, 0.3) is 11.1 Å². The third kappa shape index (κ3) is 4.18. The number of nitrogens with one attached hydrogen (secondary N) is 1. The van der Waals surface area contributed by atoms with Crippen LogP contribution in [0.2, 0.25) is 0 Å².